The number of hydrogen-bond acceptors (Lipinski definition) is 3. The lowest BCUT2D eigenvalue weighted by Gasteiger charge is -2.45. The predicted molar refractivity (Wildman–Crippen MR) is 131 cm³/mol. The normalized spacial score (nSPS) is 23.2. The molecule has 0 spiro atoms. The Balaban J connectivity index is 1.45. The molecule has 0 radical (unpaired) electrons. The number of benzene rings is 1. The predicted octanol–water partition coefficient (Wildman–Crippen LogP) is 5.29. The minimum absolute atomic E-state index is 0.00808. The summed E-state index contributed by atoms with van der Waals surface area (Å²) in [5.41, 5.74) is 2.15. The number of likely N-dealkylation sites (N-methyl/N-ethyl adjacent to an activating group) is 1. The molecule has 0 saturated heterocycles. The molecule has 5 heteroatoms. The van der Waals surface area contributed by atoms with Crippen LogP contribution in [0.15, 0.2) is 18.2 Å². The number of nitrogens with one attached hydrogen (secondary N) is 2. The zero-order valence-electron chi connectivity index (χ0n) is 19.6. The molecule has 2 bridgehead atoms. The van der Waals surface area contributed by atoms with Crippen LogP contribution in [0.3, 0.4) is 0 Å². The van der Waals surface area contributed by atoms with Gasteiger partial charge in [-0.05, 0) is 80.8 Å². The minimum Gasteiger partial charge on any atom is -0.351 e. The molecular weight excluding hydrogens is 406 g/mol. The third-order valence-electron chi connectivity index (χ3n) is 7.58. The first kappa shape index (κ1) is 24.5. The third kappa shape index (κ3) is 7.20. The Morgan fingerprint density at radius 2 is 1.90 bits per heavy atom. The van der Waals surface area contributed by atoms with Crippen LogP contribution in [-0.2, 0) is 6.42 Å². The second-order valence-electron chi connectivity index (χ2n) is 9.73. The van der Waals surface area contributed by atoms with Crippen LogP contribution in [-0.4, -0.2) is 50.1 Å². The largest absolute Gasteiger partial charge is 0.351 e. The van der Waals surface area contributed by atoms with E-state index >= 15 is 0 Å². The number of nitrogens with zero attached hydrogens (tertiary/aromatic N) is 1. The Morgan fingerprint density at radius 1 is 1.16 bits per heavy atom. The smallest absolute Gasteiger partial charge is 0.252 e. The van der Waals surface area contributed by atoms with Crippen LogP contribution >= 0.6 is 11.6 Å². The monoisotopic (exact) mass is 447 g/mol. The van der Waals surface area contributed by atoms with Crippen LogP contribution in [0.2, 0.25) is 5.02 Å². The summed E-state index contributed by atoms with van der Waals surface area (Å²) in [6, 6.07) is 5.94. The Labute approximate surface area is 194 Å². The summed E-state index contributed by atoms with van der Waals surface area (Å²) in [4.78, 5) is 15.4. The summed E-state index contributed by atoms with van der Waals surface area (Å²) in [5.74, 6) is 0.873. The number of halogens is 1. The molecule has 2 fully saturated rings. The van der Waals surface area contributed by atoms with E-state index in [9.17, 15) is 4.79 Å². The Hall–Kier alpha value is -1.10. The van der Waals surface area contributed by atoms with Crippen molar-refractivity contribution in [2.45, 2.75) is 71.6 Å². The van der Waals surface area contributed by atoms with E-state index in [1.807, 2.05) is 12.1 Å². The number of amides is 1. The molecule has 2 aliphatic rings. The average Bonchev–Trinajstić information content (AvgIpc) is 2.78. The first-order valence-corrected chi connectivity index (χ1v) is 12.9. The van der Waals surface area contributed by atoms with Crippen molar-refractivity contribution in [2.24, 2.45) is 11.3 Å². The molecule has 2 N–H and O–H groups in total. The molecule has 0 aromatic heterocycles. The van der Waals surface area contributed by atoms with E-state index in [-0.39, 0.29) is 5.91 Å². The van der Waals surface area contributed by atoms with Crippen molar-refractivity contribution in [3.05, 3.63) is 34.3 Å². The number of rotatable bonds is 12. The molecule has 1 aromatic carbocycles. The third-order valence-corrected chi connectivity index (χ3v) is 7.91. The van der Waals surface area contributed by atoms with Gasteiger partial charge in [-0.2, -0.15) is 0 Å². The Bertz CT molecular complexity index is 694. The topological polar surface area (TPSA) is 44.4 Å². The quantitative estimate of drug-likeness (QED) is 0.427. The molecule has 3 rings (SSSR count). The summed E-state index contributed by atoms with van der Waals surface area (Å²) in [5, 5.41) is 7.34. The standard InChI is InChI=1S/C26H42ClN3O/c1-3-30(4-2)17-16-28-15-7-10-21-11-12-24(27)23(18-21)25(31)29-20-26-13-5-8-22(19-26)9-6-14-26/h11-12,18,22,28H,3-10,13-17,19-20H2,1-2H3,(H,29,31). The van der Waals surface area contributed by atoms with Crippen molar-refractivity contribution in [3.8, 4) is 0 Å². The summed E-state index contributed by atoms with van der Waals surface area (Å²) >= 11 is 6.40. The number of fused-ring (bicyclic) bond motifs is 2. The molecule has 4 nitrogen and oxygen atoms in total. The lowest BCUT2D eigenvalue weighted by Crippen LogP contribution is -2.43. The van der Waals surface area contributed by atoms with Crippen LogP contribution in [0.1, 0.15) is 81.1 Å². The van der Waals surface area contributed by atoms with Crippen LogP contribution in [0, 0.1) is 11.3 Å². The van der Waals surface area contributed by atoms with Gasteiger partial charge in [0.15, 0.2) is 0 Å². The molecule has 1 amide bonds. The van der Waals surface area contributed by atoms with E-state index in [2.05, 4.69) is 35.4 Å². The van der Waals surface area contributed by atoms with Gasteiger partial charge in [0.25, 0.3) is 5.91 Å². The minimum atomic E-state index is -0.00808. The molecule has 0 aliphatic heterocycles. The van der Waals surface area contributed by atoms with Crippen molar-refractivity contribution >= 4 is 17.5 Å². The summed E-state index contributed by atoms with van der Waals surface area (Å²) in [6.07, 6.45) is 11.2. The van der Waals surface area contributed by atoms with Crippen LogP contribution in [0.4, 0.5) is 0 Å². The first-order chi connectivity index (χ1) is 15.0. The molecule has 31 heavy (non-hydrogen) atoms. The van der Waals surface area contributed by atoms with Gasteiger partial charge in [0.1, 0.15) is 0 Å². The average molecular weight is 448 g/mol. The van der Waals surface area contributed by atoms with E-state index in [4.69, 9.17) is 11.6 Å². The van der Waals surface area contributed by atoms with E-state index in [1.54, 1.807) is 0 Å². The highest BCUT2D eigenvalue weighted by Crippen LogP contribution is 2.48. The molecule has 0 heterocycles. The molecule has 2 saturated carbocycles. The fourth-order valence-corrected chi connectivity index (χ4v) is 5.86. The van der Waals surface area contributed by atoms with Gasteiger partial charge < -0.3 is 15.5 Å². The molecule has 174 valence electrons. The second-order valence-corrected chi connectivity index (χ2v) is 10.1. The lowest BCUT2D eigenvalue weighted by atomic mass is 9.62. The maximum absolute atomic E-state index is 12.9. The molecule has 0 atom stereocenters. The zero-order valence-corrected chi connectivity index (χ0v) is 20.4. The van der Waals surface area contributed by atoms with Gasteiger partial charge in [-0.15, -0.1) is 0 Å². The van der Waals surface area contributed by atoms with Gasteiger partial charge in [-0.25, -0.2) is 0 Å². The van der Waals surface area contributed by atoms with Gasteiger partial charge in [-0.1, -0.05) is 57.2 Å². The molecule has 0 unspecified atom stereocenters. The maximum Gasteiger partial charge on any atom is 0.252 e. The van der Waals surface area contributed by atoms with Gasteiger partial charge in [0.05, 0.1) is 10.6 Å². The van der Waals surface area contributed by atoms with Crippen molar-refractivity contribution in [1.82, 2.24) is 15.5 Å². The molecule has 2 aliphatic carbocycles. The summed E-state index contributed by atoms with van der Waals surface area (Å²) in [6.45, 7) is 10.6. The van der Waals surface area contributed by atoms with Crippen molar-refractivity contribution in [1.29, 1.82) is 0 Å². The fraction of sp³-hybridized carbons (Fsp3) is 0.731. The SMILES string of the molecule is CCN(CC)CCNCCCc1ccc(Cl)c(C(=O)NCC23CCCC(CCC2)C3)c1. The van der Waals surface area contributed by atoms with Gasteiger partial charge in [0, 0.05) is 19.6 Å². The van der Waals surface area contributed by atoms with E-state index < -0.39 is 0 Å². The summed E-state index contributed by atoms with van der Waals surface area (Å²) in [7, 11) is 0. The van der Waals surface area contributed by atoms with Crippen molar-refractivity contribution < 1.29 is 4.79 Å². The highest BCUT2D eigenvalue weighted by atomic mass is 35.5. The van der Waals surface area contributed by atoms with Crippen molar-refractivity contribution in [3.63, 3.8) is 0 Å². The number of carbonyl (C=O) groups is 1. The fourth-order valence-electron chi connectivity index (χ4n) is 5.65. The zero-order chi connectivity index (χ0) is 22.1. The van der Waals surface area contributed by atoms with Crippen LogP contribution in [0.5, 0.6) is 0 Å². The van der Waals surface area contributed by atoms with E-state index in [0.29, 0.717) is 16.0 Å². The van der Waals surface area contributed by atoms with Crippen LogP contribution < -0.4 is 10.6 Å². The maximum atomic E-state index is 12.9. The Morgan fingerprint density at radius 3 is 2.61 bits per heavy atom. The van der Waals surface area contributed by atoms with Gasteiger partial charge >= 0.3 is 0 Å². The second kappa shape index (κ2) is 12.2. The number of aryl methyl sites for hydroxylation is 1. The lowest BCUT2D eigenvalue weighted by molar-refractivity contribution is 0.0682. The molecule has 1 aromatic rings. The number of hydrogen-bond donors (Lipinski definition) is 2. The van der Waals surface area contributed by atoms with Crippen LogP contribution in [0.25, 0.3) is 0 Å². The highest BCUT2D eigenvalue weighted by Gasteiger charge is 2.39. The summed E-state index contributed by atoms with van der Waals surface area (Å²) < 4.78 is 0. The van der Waals surface area contributed by atoms with Gasteiger partial charge in [-0.3, -0.25) is 4.79 Å². The van der Waals surface area contributed by atoms with Crippen molar-refractivity contribution in [2.75, 3.05) is 39.3 Å². The number of carbonyl (C=O) groups excluding carboxylic acids is 1. The molecular formula is C26H42ClN3O. The highest BCUT2D eigenvalue weighted by molar-refractivity contribution is 6.33. The Kier molecular flexibility index (Phi) is 9.68. The van der Waals surface area contributed by atoms with E-state index in [0.717, 1.165) is 58.0 Å². The van der Waals surface area contributed by atoms with E-state index in [1.165, 1.54) is 50.5 Å². The first-order valence-electron chi connectivity index (χ1n) is 12.5. The van der Waals surface area contributed by atoms with Gasteiger partial charge in [0.2, 0.25) is 0 Å².